The molecule has 0 unspecified atom stereocenters. The summed E-state index contributed by atoms with van der Waals surface area (Å²) in [6.07, 6.45) is 0.694. The van der Waals surface area contributed by atoms with E-state index < -0.39 is 0 Å². The summed E-state index contributed by atoms with van der Waals surface area (Å²) < 4.78 is 0. The van der Waals surface area contributed by atoms with E-state index in [0.717, 1.165) is 16.5 Å². The number of fused-ring (bicyclic) bond motifs is 1. The monoisotopic (exact) mass is 247 g/mol. The summed E-state index contributed by atoms with van der Waals surface area (Å²) in [5.74, 6) is 0. The number of amides is 1. The molecule has 3 aromatic carbocycles. The van der Waals surface area contributed by atoms with E-state index in [4.69, 9.17) is 0 Å². The van der Waals surface area contributed by atoms with Crippen molar-refractivity contribution in [2.75, 3.05) is 5.32 Å². The molecule has 0 fully saturated rings. The molecule has 1 amide bonds. The smallest absolute Gasteiger partial charge is 0.211 e. The van der Waals surface area contributed by atoms with E-state index in [-0.39, 0.29) is 0 Å². The van der Waals surface area contributed by atoms with E-state index in [1.807, 2.05) is 36.4 Å². The number of carbonyl (C=O) groups is 1. The number of carbonyl (C=O) groups excluding carboxylic acids is 1. The molecule has 0 bridgehead atoms. The first-order valence-corrected chi connectivity index (χ1v) is 6.16. The van der Waals surface area contributed by atoms with Gasteiger partial charge in [0.1, 0.15) is 0 Å². The van der Waals surface area contributed by atoms with Gasteiger partial charge in [0.15, 0.2) is 0 Å². The van der Waals surface area contributed by atoms with Crippen LogP contribution in [0.15, 0.2) is 66.7 Å². The third-order valence-corrected chi connectivity index (χ3v) is 3.17. The maximum Gasteiger partial charge on any atom is 0.211 e. The predicted molar refractivity (Wildman–Crippen MR) is 79.1 cm³/mol. The molecule has 2 nitrogen and oxygen atoms in total. The van der Waals surface area contributed by atoms with Crippen LogP contribution in [-0.4, -0.2) is 6.41 Å². The predicted octanol–water partition coefficient (Wildman–Crippen LogP) is 4.08. The fraction of sp³-hybridized carbons (Fsp3) is 0. The Balaban J connectivity index is 2.07. The molecule has 0 radical (unpaired) electrons. The van der Waals surface area contributed by atoms with Crippen molar-refractivity contribution in [3.05, 3.63) is 66.7 Å². The van der Waals surface area contributed by atoms with Crippen LogP contribution >= 0.6 is 0 Å². The van der Waals surface area contributed by atoms with Gasteiger partial charge in [0.25, 0.3) is 0 Å². The van der Waals surface area contributed by atoms with Gasteiger partial charge >= 0.3 is 0 Å². The van der Waals surface area contributed by atoms with Gasteiger partial charge in [0.2, 0.25) is 6.41 Å². The molecule has 92 valence electrons. The highest BCUT2D eigenvalue weighted by atomic mass is 16.1. The quantitative estimate of drug-likeness (QED) is 0.694. The number of rotatable bonds is 3. The zero-order valence-electron chi connectivity index (χ0n) is 10.3. The molecule has 0 saturated carbocycles. The van der Waals surface area contributed by atoms with Gasteiger partial charge in [0.05, 0.1) is 0 Å². The van der Waals surface area contributed by atoms with Crippen molar-refractivity contribution in [1.29, 1.82) is 0 Å². The molecule has 0 aromatic heterocycles. The van der Waals surface area contributed by atoms with Crippen LogP contribution in [0.5, 0.6) is 0 Å². The van der Waals surface area contributed by atoms with E-state index in [0.29, 0.717) is 6.41 Å². The van der Waals surface area contributed by atoms with Crippen molar-refractivity contribution in [3.8, 4) is 11.1 Å². The molecular formula is C17H13NO. The Morgan fingerprint density at radius 1 is 0.737 bits per heavy atom. The lowest BCUT2D eigenvalue weighted by atomic mass is 10.0. The van der Waals surface area contributed by atoms with E-state index in [1.165, 1.54) is 11.1 Å². The zero-order valence-corrected chi connectivity index (χ0v) is 10.3. The first-order valence-electron chi connectivity index (χ1n) is 6.16. The molecular weight excluding hydrogens is 234 g/mol. The van der Waals surface area contributed by atoms with Crippen LogP contribution in [0.3, 0.4) is 0 Å². The second-order valence-corrected chi connectivity index (χ2v) is 4.40. The van der Waals surface area contributed by atoms with Crippen LogP contribution in [0.2, 0.25) is 0 Å². The molecule has 0 spiro atoms. The molecule has 3 rings (SSSR count). The minimum absolute atomic E-state index is 0.694. The van der Waals surface area contributed by atoms with Crippen LogP contribution in [0.4, 0.5) is 5.69 Å². The van der Waals surface area contributed by atoms with Gasteiger partial charge in [0, 0.05) is 5.69 Å². The van der Waals surface area contributed by atoms with Crippen LogP contribution in [0.1, 0.15) is 0 Å². The minimum atomic E-state index is 0.694. The third kappa shape index (κ3) is 2.33. The number of benzene rings is 3. The molecule has 0 heterocycles. The standard InChI is InChI=1S/C17H13NO/c19-12-18-17-9-8-15-10-14(6-7-16(15)11-17)13-4-2-1-3-5-13/h1-12H,(H,18,19). The Hall–Kier alpha value is -2.61. The molecule has 0 aliphatic rings. The van der Waals surface area contributed by atoms with Crippen molar-refractivity contribution in [2.24, 2.45) is 0 Å². The van der Waals surface area contributed by atoms with E-state index >= 15 is 0 Å². The molecule has 19 heavy (non-hydrogen) atoms. The topological polar surface area (TPSA) is 29.1 Å². The summed E-state index contributed by atoms with van der Waals surface area (Å²) in [6, 6.07) is 22.5. The first kappa shape index (κ1) is 11.5. The van der Waals surface area contributed by atoms with Gasteiger partial charge in [-0.15, -0.1) is 0 Å². The molecule has 3 aromatic rings. The maximum atomic E-state index is 10.4. The summed E-state index contributed by atoms with van der Waals surface area (Å²) in [7, 11) is 0. The molecule has 0 aliphatic carbocycles. The van der Waals surface area contributed by atoms with Gasteiger partial charge < -0.3 is 5.32 Å². The van der Waals surface area contributed by atoms with E-state index in [1.54, 1.807) is 0 Å². The Labute approximate surface area is 111 Å². The van der Waals surface area contributed by atoms with Crippen molar-refractivity contribution in [1.82, 2.24) is 0 Å². The minimum Gasteiger partial charge on any atom is -0.329 e. The Kier molecular flexibility index (Phi) is 2.99. The Morgan fingerprint density at radius 3 is 2.26 bits per heavy atom. The van der Waals surface area contributed by atoms with Crippen LogP contribution < -0.4 is 5.32 Å². The molecule has 2 heteroatoms. The highest BCUT2D eigenvalue weighted by molar-refractivity contribution is 5.91. The Bertz CT molecular complexity index is 720. The second kappa shape index (κ2) is 4.94. The van der Waals surface area contributed by atoms with Crippen molar-refractivity contribution in [2.45, 2.75) is 0 Å². The molecule has 0 aliphatic heterocycles. The van der Waals surface area contributed by atoms with Gasteiger partial charge in [-0.25, -0.2) is 0 Å². The average molecular weight is 247 g/mol. The van der Waals surface area contributed by atoms with Crippen LogP contribution in [0, 0.1) is 0 Å². The normalized spacial score (nSPS) is 10.3. The second-order valence-electron chi connectivity index (χ2n) is 4.40. The third-order valence-electron chi connectivity index (χ3n) is 3.17. The van der Waals surface area contributed by atoms with Crippen molar-refractivity contribution >= 4 is 22.9 Å². The van der Waals surface area contributed by atoms with Crippen molar-refractivity contribution in [3.63, 3.8) is 0 Å². The average Bonchev–Trinajstić information content (AvgIpc) is 2.48. The summed E-state index contributed by atoms with van der Waals surface area (Å²) in [4.78, 5) is 10.4. The first-order chi connectivity index (χ1) is 9.36. The summed E-state index contributed by atoms with van der Waals surface area (Å²) in [5.41, 5.74) is 3.22. The molecule has 0 saturated heterocycles. The Morgan fingerprint density at radius 2 is 1.47 bits per heavy atom. The highest BCUT2D eigenvalue weighted by Crippen LogP contribution is 2.26. The highest BCUT2D eigenvalue weighted by Gasteiger charge is 2.00. The molecule has 1 N–H and O–H groups in total. The van der Waals surface area contributed by atoms with Crippen LogP contribution in [0.25, 0.3) is 21.9 Å². The van der Waals surface area contributed by atoms with Gasteiger partial charge in [-0.3, -0.25) is 4.79 Å². The summed E-state index contributed by atoms with van der Waals surface area (Å²) in [6.45, 7) is 0. The zero-order chi connectivity index (χ0) is 13.1. The lowest BCUT2D eigenvalue weighted by Gasteiger charge is -2.06. The fourth-order valence-electron chi connectivity index (χ4n) is 2.21. The maximum absolute atomic E-state index is 10.4. The number of hydrogen-bond acceptors (Lipinski definition) is 1. The summed E-state index contributed by atoms with van der Waals surface area (Å²) >= 11 is 0. The fourth-order valence-corrected chi connectivity index (χ4v) is 2.21. The van der Waals surface area contributed by atoms with Gasteiger partial charge in [-0.1, -0.05) is 48.5 Å². The van der Waals surface area contributed by atoms with Gasteiger partial charge in [-0.2, -0.15) is 0 Å². The lowest BCUT2D eigenvalue weighted by molar-refractivity contribution is -0.105. The summed E-state index contributed by atoms with van der Waals surface area (Å²) in [5, 5.41) is 4.95. The number of anilines is 1. The lowest BCUT2D eigenvalue weighted by Crippen LogP contribution is -1.92. The number of nitrogens with one attached hydrogen (secondary N) is 1. The van der Waals surface area contributed by atoms with Crippen LogP contribution in [-0.2, 0) is 4.79 Å². The molecule has 0 atom stereocenters. The largest absolute Gasteiger partial charge is 0.329 e. The van der Waals surface area contributed by atoms with Crippen molar-refractivity contribution < 1.29 is 4.79 Å². The van der Waals surface area contributed by atoms with Gasteiger partial charge in [-0.05, 0) is 40.1 Å². The number of hydrogen-bond donors (Lipinski definition) is 1. The van der Waals surface area contributed by atoms with E-state index in [2.05, 4.69) is 35.6 Å². The van der Waals surface area contributed by atoms with E-state index in [9.17, 15) is 4.79 Å². The SMILES string of the molecule is O=CNc1ccc2cc(-c3ccccc3)ccc2c1.